The average molecular weight is 414 g/mol. The number of aryl methyl sites for hydroxylation is 2. The lowest BCUT2D eigenvalue weighted by atomic mass is 10.2. The van der Waals surface area contributed by atoms with Crippen LogP contribution in [0.2, 0.25) is 0 Å². The summed E-state index contributed by atoms with van der Waals surface area (Å²) in [5.74, 6) is 2.51. The predicted molar refractivity (Wildman–Crippen MR) is 120 cm³/mol. The second kappa shape index (κ2) is 9.04. The summed E-state index contributed by atoms with van der Waals surface area (Å²) in [7, 11) is 0. The minimum Gasteiger partial charge on any atom is -0.340 e. The molecule has 4 rings (SSSR count). The molecule has 0 spiro atoms. The molecule has 3 N–H and O–H groups in total. The highest BCUT2D eigenvalue weighted by atomic mass is 16.2. The van der Waals surface area contributed by atoms with E-state index in [1.54, 1.807) is 29.3 Å². The van der Waals surface area contributed by atoms with Gasteiger partial charge in [0.1, 0.15) is 29.8 Å². The Balaban J connectivity index is 1.40. The Morgan fingerprint density at radius 3 is 2.35 bits per heavy atom. The third-order valence-corrected chi connectivity index (χ3v) is 4.32. The minimum absolute atomic E-state index is 0.142. The lowest BCUT2D eigenvalue weighted by Gasteiger charge is -2.11. The quantitative estimate of drug-likeness (QED) is 0.422. The van der Waals surface area contributed by atoms with Crippen LogP contribution in [0.4, 0.5) is 28.8 Å². The first-order chi connectivity index (χ1) is 15.0. The summed E-state index contributed by atoms with van der Waals surface area (Å²) in [5, 5.41) is 13.3. The summed E-state index contributed by atoms with van der Waals surface area (Å²) in [5.41, 5.74) is 2.65. The molecule has 156 valence electrons. The van der Waals surface area contributed by atoms with Crippen LogP contribution in [0.1, 0.15) is 11.4 Å². The van der Waals surface area contributed by atoms with Crippen LogP contribution in [0.3, 0.4) is 0 Å². The minimum atomic E-state index is -0.142. The number of aromatic nitrogens is 5. The average Bonchev–Trinajstić information content (AvgIpc) is 3.22. The number of nitrogens with one attached hydrogen (secondary N) is 3. The Hall–Kier alpha value is -4.27. The highest BCUT2D eigenvalue weighted by Gasteiger charge is 2.06. The zero-order chi connectivity index (χ0) is 21.6. The molecule has 3 aromatic heterocycles. The monoisotopic (exact) mass is 414 g/mol. The van der Waals surface area contributed by atoms with Gasteiger partial charge in [-0.1, -0.05) is 0 Å². The van der Waals surface area contributed by atoms with Crippen molar-refractivity contribution in [2.24, 2.45) is 0 Å². The Kier molecular flexibility index (Phi) is 5.84. The van der Waals surface area contributed by atoms with Crippen molar-refractivity contribution in [1.29, 1.82) is 0 Å². The molecule has 3 heterocycles. The van der Waals surface area contributed by atoms with E-state index >= 15 is 0 Å². The number of carbonyl (C=O) groups is 1. The maximum Gasteiger partial charge on any atom is 0.246 e. The first kappa shape index (κ1) is 20.0. The standard InChI is InChI=1S/C22H22N8O/c1-15-8-10-23-19(12-15)29-21-13-20(25-16(2)26-21)27-17-4-6-18(7-5-17)28-22(31)14-30-11-3-9-24-30/h3-13H,14H2,1-2H3,(H,28,31)(H2,23,25,26,27,29). The van der Waals surface area contributed by atoms with Crippen molar-refractivity contribution in [2.45, 2.75) is 20.4 Å². The number of amides is 1. The molecule has 9 heteroatoms. The van der Waals surface area contributed by atoms with Crippen LogP contribution in [0.15, 0.2) is 67.1 Å². The Morgan fingerprint density at radius 2 is 1.65 bits per heavy atom. The molecule has 1 aromatic carbocycles. The lowest BCUT2D eigenvalue weighted by Crippen LogP contribution is -2.18. The summed E-state index contributed by atoms with van der Waals surface area (Å²) in [6.45, 7) is 4.01. The molecule has 0 aliphatic carbocycles. The number of rotatable bonds is 7. The highest BCUT2D eigenvalue weighted by Crippen LogP contribution is 2.21. The Bertz CT molecular complexity index is 1170. The van der Waals surface area contributed by atoms with Gasteiger partial charge in [-0.05, 0) is 61.9 Å². The van der Waals surface area contributed by atoms with Crippen molar-refractivity contribution < 1.29 is 4.79 Å². The fraction of sp³-hybridized carbons (Fsp3) is 0.136. The molecule has 9 nitrogen and oxygen atoms in total. The highest BCUT2D eigenvalue weighted by molar-refractivity contribution is 5.90. The van der Waals surface area contributed by atoms with Crippen LogP contribution in [0.25, 0.3) is 0 Å². The number of hydrogen-bond donors (Lipinski definition) is 3. The van der Waals surface area contributed by atoms with Gasteiger partial charge in [0.25, 0.3) is 0 Å². The van der Waals surface area contributed by atoms with Gasteiger partial charge in [-0.25, -0.2) is 15.0 Å². The lowest BCUT2D eigenvalue weighted by molar-refractivity contribution is -0.116. The van der Waals surface area contributed by atoms with Gasteiger partial charge in [0.05, 0.1) is 0 Å². The van der Waals surface area contributed by atoms with Gasteiger partial charge >= 0.3 is 0 Å². The van der Waals surface area contributed by atoms with Gasteiger partial charge in [-0.15, -0.1) is 0 Å². The van der Waals surface area contributed by atoms with E-state index in [-0.39, 0.29) is 12.5 Å². The molecular formula is C22H22N8O. The largest absolute Gasteiger partial charge is 0.340 e. The number of anilines is 5. The van der Waals surface area contributed by atoms with E-state index in [2.05, 4.69) is 36.0 Å². The van der Waals surface area contributed by atoms with Gasteiger partial charge in [-0.2, -0.15) is 5.10 Å². The molecule has 31 heavy (non-hydrogen) atoms. The molecule has 0 aliphatic rings. The molecular weight excluding hydrogens is 392 g/mol. The summed E-state index contributed by atoms with van der Waals surface area (Å²) in [6, 6.07) is 14.9. The van der Waals surface area contributed by atoms with Crippen molar-refractivity contribution >= 4 is 34.7 Å². The maximum atomic E-state index is 12.1. The topological polar surface area (TPSA) is 110 Å². The van der Waals surface area contributed by atoms with E-state index < -0.39 is 0 Å². The smallest absolute Gasteiger partial charge is 0.246 e. The first-order valence-electron chi connectivity index (χ1n) is 9.73. The van der Waals surface area contributed by atoms with Gasteiger partial charge in [0.2, 0.25) is 5.91 Å². The molecule has 0 radical (unpaired) electrons. The zero-order valence-electron chi connectivity index (χ0n) is 17.2. The summed E-state index contributed by atoms with van der Waals surface area (Å²) in [6.07, 6.45) is 5.13. The van der Waals surface area contributed by atoms with E-state index in [0.717, 1.165) is 17.1 Å². The normalized spacial score (nSPS) is 10.5. The van der Waals surface area contributed by atoms with E-state index in [4.69, 9.17) is 0 Å². The predicted octanol–water partition coefficient (Wildman–Crippen LogP) is 3.81. The molecule has 0 fully saturated rings. The fourth-order valence-electron chi connectivity index (χ4n) is 2.96. The molecule has 0 saturated carbocycles. The van der Waals surface area contributed by atoms with Crippen LogP contribution in [0.5, 0.6) is 0 Å². The number of hydrogen-bond acceptors (Lipinski definition) is 7. The molecule has 4 aromatic rings. The van der Waals surface area contributed by atoms with Crippen LogP contribution in [0, 0.1) is 13.8 Å². The molecule has 1 amide bonds. The van der Waals surface area contributed by atoms with Crippen molar-refractivity contribution in [3.63, 3.8) is 0 Å². The first-order valence-corrected chi connectivity index (χ1v) is 9.73. The number of benzene rings is 1. The maximum absolute atomic E-state index is 12.1. The van der Waals surface area contributed by atoms with Crippen LogP contribution in [-0.4, -0.2) is 30.6 Å². The van der Waals surface area contributed by atoms with Gasteiger partial charge in [0.15, 0.2) is 0 Å². The molecule has 0 unspecified atom stereocenters. The van der Waals surface area contributed by atoms with Gasteiger partial charge < -0.3 is 16.0 Å². The SMILES string of the molecule is Cc1ccnc(Nc2cc(Nc3ccc(NC(=O)Cn4cccn4)cc3)nc(C)n2)c1. The number of carbonyl (C=O) groups excluding carboxylic acids is 1. The molecule has 0 aliphatic heterocycles. The third-order valence-electron chi connectivity index (χ3n) is 4.32. The van der Waals surface area contributed by atoms with Crippen LogP contribution < -0.4 is 16.0 Å². The van der Waals surface area contributed by atoms with Crippen LogP contribution in [-0.2, 0) is 11.3 Å². The molecule has 0 saturated heterocycles. The van der Waals surface area contributed by atoms with Gasteiger partial charge in [0, 0.05) is 36.0 Å². The number of nitrogens with zero attached hydrogens (tertiary/aromatic N) is 5. The second-order valence-electron chi connectivity index (χ2n) is 6.98. The molecule has 0 atom stereocenters. The van der Waals surface area contributed by atoms with E-state index in [0.29, 0.717) is 23.1 Å². The van der Waals surface area contributed by atoms with E-state index in [1.807, 2.05) is 56.3 Å². The van der Waals surface area contributed by atoms with Crippen molar-refractivity contribution in [2.75, 3.05) is 16.0 Å². The molecule has 0 bridgehead atoms. The van der Waals surface area contributed by atoms with Crippen molar-refractivity contribution in [3.8, 4) is 0 Å². The summed E-state index contributed by atoms with van der Waals surface area (Å²) >= 11 is 0. The Labute approximate surface area is 179 Å². The van der Waals surface area contributed by atoms with Crippen molar-refractivity contribution in [3.05, 3.63) is 78.5 Å². The Morgan fingerprint density at radius 1 is 0.903 bits per heavy atom. The third kappa shape index (κ3) is 5.63. The number of pyridine rings is 1. The van der Waals surface area contributed by atoms with Gasteiger partial charge in [-0.3, -0.25) is 9.48 Å². The van der Waals surface area contributed by atoms with E-state index in [1.165, 1.54) is 0 Å². The zero-order valence-corrected chi connectivity index (χ0v) is 17.2. The fourth-order valence-corrected chi connectivity index (χ4v) is 2.96. The van der Waals surface area contributed by atoms with Crippen molar-refractivity contribution in [1.82, 2.24) is 24.7 Å². The second-order valence-corrected chi connectivity index (χ2v) is 6.98. The summed E-state index contributed by atoms with van der Waals surface area (Å²) in [4.78, 5) is 25.2. The summed E-state index contributed by atoms with van der Waals surface area (Å²) < 4.78 is 1.57. The van der Waals surface area contributed by atoms with E-state index in [9.17, 15) is 4.79 Å². The van der Waals surface area contributed by atoms with Crippen LogP contribution >= 0.6 is 0 Å².